The summed E-state index contributed by atoms with van der Waals surface area (Å²) in [5.41, 5.74) is 0.693. The van der Waals surface area contributed by atoms with Crippen molar-refractivity contribution in [2.45, 2.75) is 11.0 Å². The van der Waals surface area contributed by atoms with E-state index in [9.17, 15) is 13.2 Å². The molecule has 26 heavy (non-hydrogen) atoms. The average molecular weight is 395 g/mol. The third-order valence-corrected chi connectivity index (χ3v) is 6.28. The fraction of sp³-hybridized carbons (Fsp3) is 0.235. The number of hydrogen-bond acceptors (Lipinski definition) is 7. The van der Waals surface area contributed by atoms with Crippen molar-refractivity contribution in [3.63, 3.8) is 0 Å². The minimum atomic E-state index is -3.91. The molecule has 2 aromatic heterocycles. The van der Waals surface area contributed by atoms with Crippen LogP contribution in [0.15, 0.2) is 51.1 Å². The molecule has 9 heteroatoms. The number of carbonyl (C=O) groups is 1. The van der Waals surface area contributed by atoms with E-state index in [0.29, 0.717) is 11.3 Å². The van der Waals surface area contributed by atoms with Gasteiger partial charge in [-0.1, -0.05) is 18.2 Å². The van der Waals surface area contributed by atoms with Crippen molar-refractivity contribution in [3.05, 3.63) is 52.4 Å². The van der Waals surface area contributed by atoms with Gasteiger partial charge in [0.15, 0.2) is 0 Å². The van der Waals surface area contributed by atoms with Crippen LogP contribution < -0.4 is 4.72 Å². The number of sulfonamides is 1. The second-order valence-corrected chi connectivity index (χ2v) is 8.02. The highest BCUT2D eigenvalue weighted by atomic mass is 32.2. The number of methoxy groups -OCH3 is 2. The number of nitrogens with one attached hydrogen (secondary N) is 1. The van der Waals surface area contributed by atoms with E-state index in [1.807, 2.05) is 30.3 Å². The van der Waals surface area contributed by atoms with Crippen molar-refractivity contribution in [3.8, 4) is 0 Å². The largest absolute Gasteiger partial charge is 0.465 e. The van der Waals surface area contributed by atoms with Crippen molar-refractivity contribution >= 4 is 38.3 Å². The molecule has 1 atom stereocenters. The molecule has 0 amide bonds. The van der Waals surface area contributed by atoms with Gasteiger partial charge in [-0.3, -0.25) is 0 Å². The quantitative estimate of drug-likeness (QED) is 0.618. The number of esters is 1. The third-order valence-electron chi connectivity index (χ3n) is 3.79. The maximum atomic E-state index is 12.6. The Balaban J connectivity index is 1.79. The van der Waals surface area contributed by atoms with Gasteiger partial charge in [0, 0.05) is 19.0 Å². The van der Waals surface area contributed by atoms with Crippen molar-refractivity contribution < 1.29 is 27.1 Å². The van der Waals surface area contributed by atoms with Crippen molar-refractivity contribution in [1.82, 2.24) is 4.72 Å². The summed E-state index contributed by atoms with van der Waals surface area (Å²) in [6, 6.07) is 10.6. The summed E-state index contributed by atoms with van der Waals surface area (Å²) in [6.07, 6.45) is -0.614. The summed E-state index contributed by atoms with van der Waals surface area (Å²) in [7, 11) is -1.24. The molecule has 2 heterocycles. The van der Waals surface area contributed by atoms with Gasteiger partial charge in [-0.25, -0.2) is 17.9 Å². The second-order valence-electron chi connectivity index (χ2n) is 5.37. The molecule has 0 spiro atoms. The van der Waals surface area contributed by atoms with E-state index in [0.717, 1.165) is 16.7 Å². The van der Waals surface area contributed by atoms with Crippen LogP contribution in [0.3, 0.4) is 0 Å². The zero-order chi connectivity index (χ0) is 18.7. The standard InChI is InChI=1S/C17H17NO6S2/c1-22-14(13-9-11-5-3-4-6-12(11)24-13)10-18-26(20,21)15-7-8-25-16(15)17(19)23-2/h3-9,14,18H,10H2,1-2H3/t14-/m0/s1. The summed E-state index contributed by atoms with van der Waals surface area (Å²) in [5, 5.41) is 2.42. The molecule has 0 saturated carbocycles. The summed E-state index contributed by atoms with van der Waals surface area (Å²) in [4.78, 5) is 11.6. The zero-order valence-electron chi connectivity index (χ0n) is 14.1. The third kappa shape index (κ3) is 3.65. The lowest BCUT2D eigenvalue weighted by molar-refractivity contribution is 0.0602. The van der Waals surface area contributed by atoms with Crippen LogP contribution in [0.1, 0.15) is 21.5 Å². The average Bonchev–Trinajstić information content (AvgIpc) is 3.28. The topological polar surface area (TPSA) is 94.8 Å². The molecule has 3 rings (SSSR count). The molecular formula is C17H17NO6S2. The highest BCUT2D eigenvalue weighted by molar-refractivity contribution is 7.89. The highest BCUT2D eigenvalue weighted by Crippen LogP contribution is 2.27. The van der Waals surface area contributed by atoms with Crippen LogP contribution >= 0.6 is 11.3 Å². The van der Waals surface area contributed by atoms with Gasteiger partial charge < -0.3 is 13.9 Å². The number of fused-ring (bicyclic) bond motifs is 1. The Morgan fingerprint density at radius 2 is 2.04 bits per heavy atom. The Morgan fingerprint density at radius 1 is 1.27 bits per heavy atom. The number of ether oxygens (including phenoxy) is 2. The highest BCUT2D eigenvalue weighted by Gasteiger charge is 2.26. The molecular weight excluding hydrogens is 378 g/mol. The molecule has 0 bridgehead atoms. The SMILES string of the molecule is COC(=O)c1sccc1S(=O)(=O)NC[C@H](OC)c1cc2ccccc2o1. The summed E-state index contributed by atoms with van der Waals surface area (Å²) in [5.74, 6) is -0.184. The number of rotatable bonds is 7. The van der Waals surface area contributed by atoms with E-state index in [1.165, 1.54) is 25.7 Å². The number of para-hydroxylation sites is 1. The summed E-state index contributed by atoms with van der Waals surface area (Å²) >= 11 is 1.00. The van der Waals surface area contributed by atoms with Crippen LogP contribution in [0.4, 0.5) is 0 Å². The zero-order valence-corrected chi connectivity index (χ0v) is 15.7. The Labute approximate surface area is 154 Å². The van der Waals surface area contributed by atoms with Crippen molar-refractivity contribution in [1.29, 1.82) is 0 Å². The lowest BCUT2D eigenvalue weighted by atomic mass is 10.2. The van der Waals surface area contributed by atoms with Crippen molar-refractivity contribution in [2.75, 3.05) is 20.8 Å². The van der Waals surface area contributed by atoms with Gasteiger partial charge in [0.1, 0.15) is 27.2 Å². The molecule has 0 saturated heterocycles. The first-order chi connectivity index (χ1) is 12.5. The lowest BCUT2D eigenvalue weighted by Gasteiger charge is -2.14. The predicted octanol–water partition coefficient (Wildman–Crippen LogP) is 2.95. The summed E-state index contributed by atoms with van der Waals surface area (Å²) in [6.45, 7) is -0.0465. The van der Waals surface area contributed by atoms with Gasteiger partial charge in [0.2, 0.25) is 10.0 Å². The molecule has 0 aliphatic rings. The Hall–Kier alpha value is -2.20. The molecule has 0 aliphatic carbocycles. The van der Waals surface area contributed by atoms with E-state index < -0.39 is 22.1 Å². The molecule has 0 fully saturated rings. The molecule has 0 radical (unpaired) electrons. The molecule has 0 unspecified atom stereocenters. The van der Waals surface area contributed by atoms with Gasteiger partial charge in [0.25, 0.3) is 0 Å². The molecule has 7 nitrogen and oxygen atoms in total. The van der Waals surface area contributed by atoms with Gasteiger partial charge in [-0.2, -0.15) is 0 Å². The molecule has 138 valence electrons. The lowest BCUT2D eigenvalue weighted by Crippen LogP contribution is -2.29. The van der Waals surface area contributed by atoms with E-state index in [4.69, 9.17) is 9.15 Å². The van der Waals surface area contributed by atoms with Gasteiger partial charge >= 0.3 is 5.97 Å². The number of hydrogen-bond donors (Lipinski definition) is 1. The molecule has 1 aromatic carbocycles. The van der Waals surface area contributed by atoms with Crippen molar-refractivity contribution in [2.24, 2.45) is 0 Å². The van der Waals surface area contributed by atoms with Gasteiger partial charge in [0.05, 0.1) is 7.11 Å². The summed E-state index contributed by atoms with van der Waals surface area (Å²) < 4.78 is 43.3. The van der Waals surface area contributed by atoms with E-state index >= 15 is 0 Å². The van der Waals surface area contributed by atoms with Crippen LogP contribution in [0, 0.1) is 0 Å². The van der Waals surface area contributed by atoms with E-state index in [-0.39, 0.29) is 16.3 Å². The van der Waals surface area contributed by atoms with Crippen LogP contribution in [-0.4, -0.2) is 35.2 Å². The van der Waals surface area contributed by atoms with Gasteiger partial charge in [-0.15, -0.1) is 11.3 Å². The van der Waals surface area contributed by atoms with Crippen LogP contribution in [0.25, 0.3) is 11.0 Å². The van der Waals surface area contributed by atoms with Crippen LogP contribution in [0.5, 0.6) is 0 Å². The second kappa shape index (κ2) is 7.58. The first-order valence-electron chi connectivity index (χ1n) is 7.63. The molecule has 3 aromatic rings. The van der Waals surface area contributed by atoms with E-state index in [1.54, 1.807) is 0 Å². The minimum Gasteiger partial charge on any atom is -0.465 e. The molecule has 1 N–H and O–H groups in total. The Kier molecular flexibility index (Phi) is 5.42. The minimum absolute atomic E-state index is 0.0257. The normalized spacial score (nSPS) is 13.0. The number of carbonyl (C=O) groups excluding carboxylic acids is 1. The maximum absolute atomic E-state index is 12.6. The number of furan rings is 1. The monoisotopic (exact) mass is 395 g/mol. The maximum Gasteiger partial charge on any atom is 0.349 e. The Bertz CT molecular complexity index is 988. The first kappa shape index (κ1) is 18.6. The fourth-order valence-electron chi connectivity index (χ4n) is 2.47. The fourth-order valence-corrected chi connectivity index (χ4v) is 4.84. The number of benzene rings is 1. The van der Waals surface area contributed by atoms with Gasteiger partial charge in [-0.05, 0) is 23.6 Å². The predicted molar refractivity (Wildman–Crippen MR) is 96.8 cm³/mol. The number of thiophene rings is 1. The Morgan fingerprint density at radius 3 is 2.73 bits per heavy atom. The van der Waals surface area contributed by atoms with Crippen LogP contribution in [-0.2, 0) is 19.5 Å². The van der Waals surface area contributed by atoms with E-state index in [2.05, 4.69) is 9.46 Å². The first-order valence-corrected chi connectivity index (χ1v) is 9.99. The smallest absolute Gasteiger partial charge is 0.349 e. The van der Waals surface area contributed by atoms with Crippen LogP contribution in [0.2, 0.25) is 0 Å². The molecule has 0 aliphatic heterocycles.